The van der Waals surface area contributed by atoms with Gasteiger partial charge in [-0.2, -0.15) is 0 Å². The van der Waals surface area contributed by atoms with Crippen molar-refractivity contribution in [1.82, 2.24) is 10.6 Å². The van der Waals surface area contributed by atoms with Gasteiger partial charge < -0.3 is 5.32 Å². The molecule has 1 aromatic carbocycles. The van der Waals surface area contributed by atoms with Crippen molar-refractivity contribution in [2.75, 3.05) is 12.8 Å². The first-order valence-corrected chi connectivity index (χ1v) is 7.61. The van der Waals surface area contributed by atoms with Crippen LogP contribution in [0.25, 0.3) is 0 Å². The number of hydrogen-bond acceptors (Lipinski definition) is 3. The second-order valence-corrected chi connectivity index (χ2v) is 5.53. The van der Waals surface area contributed by atoms with Crippen molar-refractivity contribution in [2.45, 2.75) is 36.7 Å². The fourth-order valence-electron chi connectivity index (χ4n) is 2.22. The van der Waals surface area contributed by atoms with Gasteiger partial charge in [0, 0.05) is 17.5 Å². The normalized spacial score (nSPS) is 21.4. The van der Waals surface area contributed by atoms with E-state index in [9.17, 15) is 4.79 Å². The fraction of sp³-hybridized carbons (Fsp3) is 0.500. The first-order valence-electron chi connectivity index (χ1n) is 6.38. The number of carbonyl (C=O) groups excluding carboxylic acids is 1. The lowest BCUT2D eigenvalue weighted by Gasteiger charge is -2.26. The maximum absolute atomic E-state index is 11.7. The van der Waals surface area contributed by atoms with E-state index < -0.39 is 0 Å². The van der Waals surface area contributed by atoms with Crippen molar-refractivity contribution in [1.29, 1.82) is 0 Å². The monoisotopic (exact) mass is 264 g/mol. The third kappa shape index (κ3) is 3.27. The predicted molar refractivity (Wildman–Crippen MR) is 75.8 cm³/mol. The molecular formula is C14H20N2OS. The van der Waals surface area contributed by atoms with E-state index in [1.165, 1.54) is 10.5 Å². The lowest BCUT2D eigenvalue weighted by molar-refractivity contribution is -0.124. The minimum atomic E-state index is -0.0472. The third-order valence-electron chi connectivity index (χ3n) is 3.35. The van der Waals surface area contributed by atoms with Crippen LogP contribution in [0.5, 0.6) is 0 Å². The second-order valence-electron chi connectivity index (χ2n) is 4.65. The van der Waals surface area contributed by atoms with Crippen LogP contribution in [0.4, 0.5) is 0 Å². The topological polar surface area (TPSA) is 41.1 Å². The summed E-state index contributed by atoms with van der Waals surface area (Å²) in [5, 5.41) is 6.31. The van der Waals surface area contributed by atoms with Crippen LogP contribution in [-0.2, 0) is 4.79 Å². The molecule has 0 radical (unpaired) electrons. The summed E-state index contributed by atoms with van der Waals surface area (Å²) >= 11 is 1.74. The van der Waals surface area contributed by atoms with Gasteiger partial charge in [0.1, 0.15) is 0 Å². The zero-order chi connectivity index (χ0) is 13.0. The number of benzene rings is 1. The van der Waals surface area contributed by atoms with E-state index in [1.807, 2.05) is 0 Å². The Morgan fingerprint density at radius 3 is 2.72 bits per heavy atom. The Bertz CT molecular complexity index is 405. The minimum Gasteiger partial charge on any atom is -0.355 e. The van der Waals surface area contributed by atoms with Crippen LogP contribution in [0.1, 0.15) is 31.4 Å². The van der Waals surface area contributed by atoms with Crippen LogP contribution in [0.15, 0.2) is 29.2 Å². The average molecular weight is 264 g/mol. The van der Waals surface area contributed by atoms with E-state index in [0.29, 0.717) is 0 Å². The number of rotatable bonds is 4. The maximum Gasteiger partial charge on any atom is 0.237 e. The Labute approximate surface area is 113 Å². The molecule has 2 N–H and O–H groups in total. The SMILES string of the molecule is CSc1ccc(C(C)NC2CCCNC2=O)cc1. The second kappa shape index (κ2) is 6.25. The molecule has 1 fully saturated rings. The van der Waals surface area contributed by atoms with E-state index >= 15 is 0 Å². The van der Waals surface area contributed by atoms with Gasteiger partial charge in [-0.3, -0.25) is 10.1 Å². The summed E-state index contributed by atoms with van der Waals surface area (Å²) < 4.78 is 0. The van der Waals surface area contributed by atoms with Crippen molar-refractivity contribution >= 4 is 17.7 Å². The van der Waals surface area contributed by atoms with Gasteiger partial charge in [0.2, 0.25) is 5.91 Å². The Balaban J connectivity index is 1.97. The van der Waals surface area contributed by atoms with Gasteiger partial charge in [0.05, 0.1) is 6.04 Å². The molecule has 0 spiro atoms. The number of carbonyl (C=O) groups is 1. The quantitative estimate of drug-likeness (QED) is 0.820. The smallest absolute Gasteiger partial charge is 0.237 e. The molecular weight excluding hydrogens is 244 g/mol. The number of amides is 1. The molecule has 0 aromatic heterocycles. The highest BCUT2D eigenvalue weighted by molar-refractivity contribution is 7.98. The van der Waals surface area contributed by atoms with Gasteiger partial charge in [-0.05, 0) is 43.7 Å². The average Bonchev–Trinajstić information content (AvgIpc) is 2.41. The largest absolute Gasteiger partial charge is 0.355 e. The van der Waals surface area contributed by atoms with Crippen molar-refractivity contribution in [3.63, 3.8) is 0 Å². The van der Waals surface area contributed by atoms with Crippen LogP contribution >= 0.6 is 11.8 Å². The Morgan fingerprint density at radius 2 is 2.11 bits per heavy atom. The molecule has 4 heteroatoms. The van der Waals surface area contributed by atoms with E-state index in [-0.39, 0.29) is 18.0 Å². The number of nitrogens with one attached hydrogen (secondary N) is 2. The van der Waals surface area contributed by atoms with E-state index in [2.05, 4.69) is 48.1 Å². The number of piperidine rings is 1. The summed E-state index contributed by atoms with van der Waals surface area (Å²) in [5.74, 6) is 0.133. The highest BCUT2D eigenvalue weighted by atomic mass is 32.2. The van der Waals surface area contributed by atoms with E-state index in [1.54, 1.807) is 11.8 Å². The van der Waals surface area contributed by atoms with Crippen LogP contribution in [0, 0.1) is 0 Å². The molecule has 0 bridgehead atoms. The zero-order valence-electron chi connectivity index (χ0n) is 10.9. The molecule has 1 saturated heterocycles. The van der Waals surface area contributed by atoms with Gasteiger partial charge in [-0.25, -0.2) is 0 Å². The molecule has 0 aliphatic carbocycles. The third-order valence-corrected chi connectivity index (χ3v) is 4.10. The summed E-state index contributed by atoms with van der Waals surface area (Å²) in [6.07, 6.45) is 4.06. The van der Waals surface area contributed by atoms with Gasteiger partial charge in [0.25, 0.3) is 0 Å². The van der Waals surface area contributed by atoms with Gasteiger partial charge in [-0.15, -0.1) is 11.8 Å². The van der Waals surface area contributed by atoms with E-state index in [0.717, 1.165) is 19.4 Å². The molecule has 18 heavy (non-hydrogen) atoms. The lowest BCUT2D eigenvalue weighted by atomic mass is 10.0. The zero-order valence-corrected chi connectivity index (χ0v) is 11.7. The molecule has 1 aliphatic rings. The van der Waals surface area contributed by atoms with Crippen molar-refractivity contribution in [2.24, 2.45) is 0 Å². The van der Waals surface area contributed by atoms with Crippen molar-refractivity contribution < 1.29 is 4.79 Å². The molecule has 1 aliphatic heterocycles. The van der Waals surface area contributed by atoms with Crippen LogP contribution < -0.4 is 10.6 Å². The van der Waals surface area contributed by atoms with Crippen molar-refractivity contribution in [3.05, 3.63) is 29.8 Å². The first-order chi connectivity index (χ1) is 8.70. The van der Waals surface area contributed by atoms with Gasteiger partial charge in [0.15, 0.2) is 0 Å². The molecule has 3 nitrogen and oxygen atoms in total. The summed E-state index contributed by atoms with van der Waals surface area (Å²) in [6.45, 7) is 2.92. The summed E-state index contributed by atoms with van der Waals surface area (Å²) in [4.78, 5) is 12.9. The molecule has 1 amide bonds. The first kappa shape index (κ1) is 13.4. The van der Waals surface area contributed by atoms with Crippen molar-refractivity contribution in [3.8, 4) is 0 Å². The molecule has 2 atom stereocenters. The summed E-state index contributed by atoms with van der Waals surface area (Å²) in [7, 11) is 0. The molecule has 2 rings (SSSR count). The molecule has 1 heterocycles. The standard InChI is InChI=1S/C14H20N2OS/c1-10(11-5-7-12(18-2)8-6-11)16-13-4-3-9-15-14(13)17/h5-8,10,13,16H,3-4,9H2,1-2H3,(H,15,17). The summed E-state index contributed by atoms with van der Waals surface area (Å²) in [6, 6.07) is 8.66. The lowest BCUT2D eigenvalue weighted by Crippen LogP contribution is -2.48. The Hall–Kier alpha value is -1.00. The fourth-order valence-corrected chi connectivity index (χ4v) is 2.63. The highest BCUT2D eigenvalue weighted by Crippen LogP contribution is 2.20. The predicted octanol–water partition coefficient (Wildman–Crippen LogP) is 2.34. The molecule has 98 valence electrons. The van der Waals surface area contributed by atoms with Crippen LogP contribution in [0.2, 0.25) is 0 Å². The molecule has 1 aromatic rings. The maximum atomic E-state index is 11.7. The highest BCUT2D eigenvalue weighted by Gasteiger charge is 2.23. The summed E-state index contributed by atoms with van der Waals surface area (Å²) in [5.41, 5.74) is 1.23. The van der Waals surface area contributed by atoms with E-state index in [4.69, 9.17) is 0 Å². The minimum absolute atomic E-state index is 0.0472. The molecule has 0 saturated carbocycles. The number of hydrogen-bond donors (Lipinski definition) is 2. The Morgan fingerprint density at radius 1 is 1.39 bits per heavy atom. The molecule has 2 unspecified atom stereocenters. The van der Waals surface area contributed by atoms with Gasteiger partial charge >= 0.3 is 0 Å². The van der Waals surface area contributed by atoms with Gasteiger partial charge in [-0.1, -0.05) is 12.1 Å². The van der Waals surface area contributed by atoms with Crippen LogP contribution in [0.3, 0.4) is 0 Å². The Kier molecular flexibility index (Phi) is 4.66. The van der Waals surface area contributed by atoms with Crippen LogP contribution in [-0.4, -0.2) is 24.7 Å². The number of thioether (sulfide) groups is 1.